The van der Waals surface area contributed by atoms with Crippen molar-refractivity contribution in [2.45, 2.75) is 31.4 Å². The third-order valence-corrected chi connectivity index (χ3v) is 8.77. The lowest BCUT2D eigenvalue weighted by Crippen LogP contribution is -2.59. The van der Waals surface area contributed by atoms with E-state index in [-0.39, 0.29) is 11.3 Å². The van der Waals surface area contributed by atoms with Crippen LogP contribution in [0.1, 0.15) is 24.0 Å². The van der Waals surface area contributed by atoms with Gasteiger partial charge in [0.1, 0.15) is 5.75 Å². The Morgan fingerprint density at radius 1 is 1.27 bits per heavy atom. The molecule has 1 aromatic rings. The Labute approximate surface area is 180 Å². The van der Waals surface area contributed by atoms with Crippen LogP contribution in [0.4, 0.5) is 8.78 Å². The van der Waals surface area contributed by atoms with Crippen molar-refractivity contribution in [2.24, 2.45) is 0 Å². The van der Waals surface area contributed by atoms with Gasteiger partial charge in [-0.2, -0.15) is 20.5 Å². The van der Waals surface area contributed by atoms with Gasteiger partial charge in [-0.1, -0.05) is 6.07 Å². The number of sulfonamides is 1. The second-order valence-electron chi connectivity index (χ2n) is 7.80. The quantitative estimate of drug-likeness (QED) is 0.675. The molecule has 3 aliphatic rings. The van der Waals surface area contributed by atoms with Crippen LogP contribution >= 0.6 is 11.8 Å². The van der Waals surface area contributed by atoms with Crippen LogP contribution in [0.3, 0.4) is 0 Å². The summed E-state index contributed by atoms with van der Waals surface area (Å²) in [4.78, 5) is 2.70. The number of halogens is 2. The van der Waals surface area contributed by atoms with Gasteiger partial charge in [-0.3, -0.25) is 4.90 Å². The first kappa shape index (κ1) is 22.0. The molecule has 10 heteroatoms. The number of hydrogen-bond acceptors (Lipinski definition) is 6. The molecule has 4 rings (SSSR count). The van der Waals surface area contributed by atoms with Gasteiger partial charge in [0.2, 0.25) is 10.0 Å². The molecular formula is C20H26F2N2O4S2. The fraction of sp³-hybridized carbons (Fsp3) is 0.600. The number of alkyl halides is 2. The van der Waals surface area contributed by atoms with Gasteiger partial charge < -0.3 is 9.47 Å². The number of aryl methyl sites for hydroxylation is 1. The highest BCUT2D eigenvalue weighted by molar-refractivity contribution is 7.99. The van der Waals surface area contributed by atoms with Crippen LogP contribution in [0.15, 0.2) is 23.1 Å². The zero-order valence-corrected chi connectivity index (χ0v) is 18.2. The summed E-state index contributed by atoms with van der Waals surface area (Å²) in [6.07, 6.45) is 3.39. The molecule has 2 fully saturated rings. The zero-order chi connectivity index (χ0) is 21.2. The van der Waals surface area contributed by atoms with E-state index in [1.54, 1.807) is 18.2 Å². The number of rotatable bonds is 7. The lowest BCUT2D eigenvalue weighted by molar-refractivity contribution is -0.0498. The maximum absolute atomic E-state index is 13.0. The predicted molar refractivity (Wildman–Crippen MR) is 113 cm³/mol. The van der Waals surface area contributed by atoms with Gasteiger partial charge in [0.25, 0.3) is 0 Å². The largest absolute Gasteiger partial charge is 0.435 e. The molecule has 0 aromatic heterocycles. The number of allylic oxidation sites excluding steroid dienone is 1. The lowest BCUT2D eigenvalue weighted by atomic mass is 9.96. The van der Waals surface area contributed by atoms with Crippen LogP contribution in [0.2, 0.25) is 0 Å². The highest BCUT2D eigenvalue weighted by Gasteiger charge is 2.41. The lowest BCUT2D eigenvalue weighted by Gasteiger charge is -2.43. The molecule has 0 amide bonds. The Balaban J connectivity index is 1.47. The van der Waals surface area contributed by atoms with E-state index in [2.05, 4.69) is 14.4 Å². The first-order valence-electron chi connectivity index (χ1n) is 10.1. The van der Waals surface area contributed by atoms with E-state index < -0.39 is 16.6 Å². The Kier molecular flexibility index (Phi) is 6.69. The van der Waals surface area contributed by atoms with E-state index in [1.165, 1.54) is 6.07 Å². The number of nitrogens with zero attached hydrogens (tertiary/aromatic N) is 1. The number of morpholine rings is 1. The van der Waals surface area contributed by atoms with E-state index >= 15 is 0 Å². The van der Waals surface area contributed by atoms with Crippen molar-refractivity contribution in [3.8, 4) is 5.75 Å². The molecule has 0 saturated carbocycles. The van der Waals surface area contributed by atoms with Crippen molar-refractivity contribution in [1.29, 1.82) is 0 Å². The summed E-state index contributed by atoms with van der Waals surface area (Å²) < 4.78 is 63.7. The number of hydrogen-bond donors (Lipinski definition) is 1. The number of fused-ring (bicyclic) bond motifs is 1. The highest BCUT2D eigenvalue weighted by Crippen LogP contribution is 2.35. The van der Waals surface area contributed by atoms with Crippen molar-refractivity contribution < 1.29 is 26.7 Å². The van der Waals surface area contributed by atoms with Gasteiger partial charge in [-0.15, -0.1) is 0 Å². The minimum atomic E-state index is -3.63. The van der Waals surface area contributed by atoms with E-state index in [1.807, 2.05) is 11.8 Å². The van der Waals surface area contributed by atoms with Crippen molar-refractivity contribution in [3.63, 3.8) is 0 Å². The van der Waals surface area contributed by atoms with E-state index in [9.17, 15) is 17.2 Å². The number of nitrogens with one attached hydrogen (secondary N) is 1. The number of benzene rings is 1. The molecule has 1 aromatic carbocycles. The summed E-state index contributed by atoms with van der Waals surface area (Å²) in [6.45, 7) is 0.502. The summed E-state index contributed by atoms with van der Waals surface area (Å²) in [5.74, 6) is 2.02. The smallest absolute Gasteiger partial charge is 0.387 e. The molecule has 1 unspecified atom stereocenters. The van der Waals surface area contributed by atoms with Crippen LogP contribution in [0.25, 0.3) is 6.08 Å². The average molecular weight is 461 g/mol. The van der Waals surface area contributed by atoms with Crippen LogP contribution in [0.5, 0.6) is 5.75 Å². The number of ether oxygens (including phenoxy) is 2. The van der Waals surface area contributed by atoms with Crippen molar-refractivity contribution >= 4 is 27.9 Å². The summed E-state index contributed by atoms with van der Waals surface area (Å²) >= 11 is 1.86. The van der Waals surface area contributed by atoms with E-state index in [0.29, 0.717) is 37.5 Å². The molecule has 2 heterocycles. The van der Waals surface area contributed by atoms with Gasteiger partial charge >= 0.3 is 6.61 Å². The fourth-order valence-corrected chi connectivity index (χ4v) is 7.06. The third kappa shape index (κ3) is 4.83. The van der Waals surface area contributed by atoms with Crippen LogP contribution in [-0.4, -0.2) is 69.8 Å². The Morgan fingerprint density at radius 2 is 2.07 bits per heavy atom. The SMILES string of the molecule is O=S(=O)(NCC1(N2CCOCC2)CCSC1)C1=Cc2ccc(OC(F)F)cc2CC1. The van der Waals surface area contributed by atoms with E-state index in [4.69, 9.17) is 4.74 Å². The monoisotopic (exact) mass is 460 g/mol. The first-order valence-corrected chi connectivity index (χ1v) is 12.7. The molecule has 1 atom stereocenters. The van der Waals surface area contributed by atoms with Gasteiger partial charge in [-0.05, 0) is 54.4 Å². The predicted octanol–water partition coefficient (Wildman–Crippen LogP) is 2.70. The van der Waals surface area contributed by atoms with Crippen molar-refractivity contribution in [3.05, 3.63) is 34.2 Å². The van der Waals surface area contributed by atoms with Crippen LogP contribution < -0.4 is 9.46 Å². The second kappa shape index (κ2) is 9.12. The molecule has 2 aliphatic heterocycles. The highest BCUT2D eigenvalue weighted by atomic mass is 32.2. The molecule has 2 saturated heterocycles. The minimum Gasteiger partial charge on any atom is -0.435 e. The standard InChI is InChI=1S/C20H26F2N2O4S2/c21-19(22)28-17-3-1-16-12-18(4-2-15(16)11-17)30(25,26)23-13-20(5-10-29-14-20)24-6-8-27-9-7-24/h1,3,11-12,19,23H,2,4-10,13-14H2. The van der Waals surface area contributed by atoms with Gasteiger partial charge in [0.05, 0.1) is 18.1 Å². The molecule has 1 aliphatic carbocycles. The summed E-state index contributed by atoms with van der Waals surface area (Å²) in [5.41, 5.74) is 1.36. The van der Waals surface area contributed by atoms with Crippen molar-refractivity contribution in [2.75, 3.05) is 44.4 Å². The minimum absolute atomic E-state index is 0.0905. The molecule has 30 heavy (non-hydrogen) atoms. The van der Waals surface area contributed by atoms with Crippen LogP contribution in [0, 0.1) is 0 Å². The van der Waals surface area contributed by atoms with Crippen LogP contribution in [-0.2, 0) is 21.2 Å². The molecule has 166 valence electrons. The topological polar surface area (TPSA) is 67.9 Å². The second-order valence-corrected chi connectivity index (χ2v) is 10.7. The maximum atomic E-state index is 13.0. The van der Waals surface area contributed by atoms with E-state index in [0.717, 1.165) is 42.1 Å². The molecular weight excluding hydrogens is 434 g/mol. The fourth-order valence-electron chi connectivity index (χ4n) is 4.29. The Bertz CT molecular complexity index is 896. The average Bonchev–Trinajstić information content (AvgIpc) is 3.22. The zero-order valence-electron chi connectivity index (χ0n) is 16.6. The Morgan fingerprint density at radius 3 is 2.77 bits per heavy atom. The maximum Gasteiger partial charge on any atom is 0.387 e. The van der Waals surface area contributed by atoms with Gasteiger partial charge in [0.15, 0.2) is 0 Å². The first-order chi connectivity index (χ1) is 14.4. The van der Waals surface area contributed by atoms with Gasteiger partial charge in [0, 0.05) is 30.9 Å². The Hall–Kier alpha value is -1.20. The normalized spacial score (nSPS) is 25.2. The number of thioether (sulfide) groups is 1. The van der Waals surface area contributed by atoms with Gasteiger partial charge in [-0.25, -0.2) is 13.1 Å². The summed E-state index contributed by atoms with van der Waals surface area (Å²) in [5, 5.41) is 0. The van der Waals surface area contributed by atoms with Crippen molar-refractivity contribution in [1.82, 2.24) is 9.62 Å². The molecule has 0 radical (unpaired) electrons. The molecule has 0 bridgehead atoms. The summed E-state index contributed by atoms with van der Waals surface area (Å²) in [7, 11) is -3.63. The molecule has 1 N–H and O–H groups in total. The third-order valence-electron chi connectivity index (χ3n) is 6.00. The molecule has 0 spiro atoms. The summed E-state index contributed by atoms with van der Waals surface area (Å²) in [6, 6.07) is 4.62. The molecule has 6 nitrogen and oxygen atoms in total.